The lowest BCUT2D eigenvalue weighted by Gasteiger charge is -2.32. The van der Waals surface area contributed by atoms with Crippen molar-refractivity contribution in [1.29, 1.82) is 0 Å². The lowest BCUT2D eigenvalue weighted by atomic mass is 10.1. The van der Waals surface area contributed by atoms with Crippen LogP contribution in [-0.4, -0.2) is 60.9 Å². The minimum Gasteiger partial charge on any atom is -0.481 e. The molecule has 1 saturated heterocycles. The van der Waals surface area contributed by atoms with Gasteiger partial charge in [0.15, 0.2) is 6.10 Å². The fraction of sp³-hybridized carbons (Fsp3) is 0.391. The highest BCUT2D eigenvalue weighted by Crippen LogP contribution is 2.20. The van der Waals surface area contributed by atoms with Crippen molar-refractivity contribution in [3.8, 4) is 5.75 Å². The summed E-state index contributed by atoms with van der Waals surface area (Å²) in [5, 5.41) is 2.86. The molecule has 2 aromatic rings. The van der Waals surface area contributed by atoms with E-state index in [0.717, 1.165) is 19.5 Å². The molecule has 1 atom stereocenters. The smallest absolute Gasteiger partial charge is 0.265 e. The normalized spacial score (nSPS) is 15.6. The number of anilines is 1. The van der Waals surface area contributed by atoms with Gasteiger partial charge in [0.25, 0.3) is 11.8 Å². The molecule has 0 aromatic heterocycles. The SMILES string of the molecule is CCc1ccc(OC(C)C(=O)Nc2ccccc2C(=O)N2CCN(C)CC2)cc1. The molecule has 1 unspecified atom stereocenters. The van der Waals surface area contributed by atoms with Crippen molar-refractivity contribution in [3.63, 3.8) is 0 Å². The van der Waals surface area contributed by atoms with Gasteiger partial charge in [-0.1, -0.05) is 31.2 Å². The highest BCUT2D eigenvalue weighted by atomic mass is 16.5. The summed E-state index contributed by atoms with van der Waals surface area (Å²) < 4.78 is 5.76. The van der Waals surface area contributed by atoms with Crippen LogP contribution in [0.15, 0.2) is 48.5 Å². The van der Waals surface area contributed by atoms with Crippen molar-refractivity contribution in [1.82, 2.24) is 9.80 Å². The van der Waals surface area contributed by atoms with Gasteiger partial charge in [0.2, 0.25) is 0 Å². The summed E-state index contributed by atoms with van der Waals surface area (Å²) >= 11 is 0. The van der Waals surface area contributed by atoms with Crippen LogP contribution in [0.1, 0.15) is 29.8 Å². The number of nitrogens with zero attached hydrogens (tertiary/aromatic N) is 2. The first-order valence-electron chi connectivity index (χ1n) is 10.1. The predicted octanol–water partition coefficient (Wildman–Crippen LogP) is 3.04. The van der Waals surface area contributed by atoms with E-state index in [-0.39, 0.29) is 11.8 Å². The summed E-state index contributed by atoms with van der Waals surface area (Å²) in [5.74, 6) is 0.299. The van der Waals surface area contributed by atoms with Gasteiger partial charge in [-0.3, -0.25) is 9.59 Å². The number of likely N-dealkylation sites (N-methyl/N-ethyl adjacent to an activating group) is 1. The molecule has 0 aliphatic carbocycles. The second-order valence-corrected chi connectivity index (χ2v) is 7.39. The number of benzene rings is 2. The molecule has 3 rings (SSSR count). The summed E-state index contributed by atoms with van der Waals surface area (Å²) in [6.45, 7) is 6.86. The molecule has 1 aliphatic rings. The molecule has 1 N–H and O–H groups in total. The van der Waals surface area contributed by atoms with Crippen molar-refractivity contribution in [2.45, 2.75) is 26.4 Å². The minimum atomic E-state index is -0.686. The second kappa shape index (κ2) is 9.56. The third-order valence-electron chi connectivity index (χ3n) is 5.22. The van der Waals surface area contributed by atoms with Gasteiger partial charge in [-0.05, 0) is 50.2 Å². The monoisotopic (exact) mass is 395 g/mol. The molecule has 2 aromatic carbocycles. The van der Waals surface area contributed by atoms with Crippen LogP contribution in [0.3, 0.4) is 0 Å². The maximum absolute atomic E-state index is 13.0. The summed E-state index contributed by atoms with van der Waals surface area (Å²) in [7, 11) is 2.05. The summed E-state index contributed by atoms with van der Waals surface area (Å²) in [5.41, 5.74) is 2.23. The molecule has 1 heterocycles. The lowest BCUT2D eigenvalue weighted by Crippen LogP contribution is -2.47. The van der Waals surface area contributed by atoms with Gasteiger partial charge in [0.1, 0.15) is 5.75 Å². The maximum atomic E-state index is 13.0. The number of amides is 2. The molecule has 2 amide bonds. The first kappa shape index (κ1) is 20.9. The molecule has 6 nitrogen and oxygen atoms in total. The number of carbonyl (C=O) groups excluding carboxylic acids is 2. The van der Waals surface area contributed by atoms with E-state index < -0.39 is 6.10 Å². The van der Waals surface area contributed by atoms with E-state index in [1.165, 1.54) is 5.56 Å². The highest BCUT2D eigenvalue weighted by molar-refractivity contribution is 6.04. The largest absolute Gasteiger partial charge is 0.481 e. The van der Waals surface area contributed by atoms with Crippen molar-refractivity contribution < 1.29 is 14.3 Å². The molecule has 6 heteroatoms. The Labute approximate surface area is 172 Å². The number of ether oxygens (including phenoxy) is 1. The van der Waals surface area contributed by atoms with E-state index in [4.69, 9.17) is 4.74 Å². The van der Waals surface area contributed by atoms with Gasteiger partial charge >= 0.3 is 0 Å². The van der Waals surface area contributed by atoms with Gasteiger partial charge < -0.3 is 19.9 Å². The third-order valence-corrected chi connectivity index (χ3v) is 5.22. The van der Waals surface area contributed by atoms with Crippen LogP contribution >= 0.6 is 0 Å². The van der Waals surface area contributed by atoms with E-state index in [2.05, 4.69) is 17.1 Å². The average Bonchev–Trinajstić information content (AvgIpc) is 2.74. The number of piperazine rings is 1. The minimum absolute atomic E-state index is 0.0577. The fourth-order valence-electron chi connectivity index (χ4n) is 3.25. The molecule has 1 fully saturated rings. The Morgan fingerprint density at radius 1 is 1.03 bits per heavy atom. The molecule has 0 radical (unpaired) electrons. The standard InChI is InChI=1S/C23H29N3O3/c1-4-18-9-11-19(12-10-18)29-17(2)22(27)24-21-8-6-5-7-20(21)23(28)26-15-13-25(3)14-16-26/h5-12,17H,4,13-16H2,1-3H3,(H,24,27). The van der Waals surface area contributed by atoms with E-state index in [9.17, 15) is 9.59 Å². The van der Waals surface area contributed by atoms with Gasteiger partial charge in [-0.25, -0.2) is 0 Å². The number of para-hydroxylation sites is 1. The van der Waals surface area contributed by atoms with Gasteiger partial charge in [-0.15, -0.1) is 0 Å². The second-order valence-electron chi connectivity index (χ2n) is 7.39. The number of nitrogens with one attached hydrogen (secondary N) is 1. The molecule has 0 spiro atoms. The van der Waals surface area contributed by atoms with Crippen molar-refractivity contribution in [2.75, 3.05) is 38.5 Å². The molecule has 0 saturated carbocycles. The molecule has 29 heavy (non-hydrogen) atoms. The molecule has 0 bridgehead atoms. The molecular weight excluding hydrogens is 366 g/mol. The van der Waals surface area contributed by atoms with E-state index in [0.29, 0.717) is 30.1 Å². The van der Waals surface area contributed by atoms with E-state index in [1.807, 2.05) is 48.3 Å². The Balaban J connectivity index is 1.66. The lowest BCUT2D eigenvalue weighted by molar-refractivity contribution is -0.122. The zero-order valence-corrected chi connectivity index (χ0v) is 17.4. The predicted molar refractivity (Wildman–Crippen MR) is 114 cm³/mol. The van der Waals surface area contributed by atoms with Crippen LogP contribution in [0, 0.1) is 0 Å². The van der Waals surface area contributed by atoms with Crippen molar-refractivity contribution in [3.05, 3.63) is 59.7 Å². The van der Waals surface area contributed by atoms with E-state index >= 15 is 0 Å². The first-order valence-corrected chi connectivity index (χ1v) is 10.1. The number of rotatable bonds is 6. The van der Waals surface area contributed by atoms with Crippen LogP contribution < -0.4 is 10.1 Å². The third kappa shape index (κ3) is 5.35. The number of carbonyl (C=O) groups is 2. The Morgan fingerprint density at radius 2 is 1.69 bits per heavy atom. The van der Waals surface area contributed by atoms with Gasteiger partial charge in [-0.2, -0.15) is 0 Å². The van der Waals surface area contributed by atoms with Crippen molar-refractivity contribution in [2.24, 2.45) is 0 Å². The van der Waals surface area contributed by atoms with Crippen LogP contribution in [0.2, 0.25) is 0 Å². The molecule has 1 aliphatic heterocycles. The first-order chi connectivity index (χ1) is 14.0. The quantitative estimate of drug-likeness (QED) is 0.817. The number of hydrogen-bond donors (Lipinski definition) is 1. The van der Waals surface area contributed by atoms with Crippen LogP contribution in [0.25, 0.3) is 0 Å². The van der Waals surface area contributed by atoms with E-state index in [1.54, 1.807) is 19.1 Å². The van der Waals surface area contributed by atoms with Crippen molar-refractivity contribution >= 4 is 17.5 Å². The van der Waals surface area contributed by atoms with Gasteiger partial charge in [0, 0.05) is 26.2 Å². The average molecular weight is 396 g/mol. The summed E-state index contributed by atoms with van der Waals surface area (Å²) in [4.78, 5) is 29.7. The fourth-order valence-corrected chi connectivity index (χ4v) is 3.25. The van der Waals surface area contributed by atoms with Crippen LogP contribution in [-0.2, 0) is 11.2 Å². The summed E-state index contributed by atoms with van der Waals surface area (Å²) in [6.07, 6.45) is 0.267. The highest BCUT2D eigenvalue weighted by Gasteiger charge is 2.24. The number of hydrogen-bond acceptors (Lipinski definition) is 4. The maximum Gasteiger partial charge on any atom is 0.265 e. The molecular formula is C23H29N3O3. The Bertz CT molecular complexity index is 843. The molecule has 154 valence electrons. The Hall–Kier alpha value is -2.86. The van der Waals surface area contributed by atoms with Crippen LogP contribution in [0.4, 0.5) is 5.69 Å². The topological polar surface area (TPSA) is 61.9 Å². The van der Waals surface area contributed by atoms with Gasteiger partial charge in [0.05, 0.1) is 11.3 Å². The summed E-state index contributed by atoms with van der Waals surface area (Å²) in [6, 6.07) is 14.9. The number of aryl methyl sites for hydroxylation is 1. The van der Waals surface area contributed by atoms with Crippen LogP contribution in [0.5, 0.6) is 5.75 Å². The Kier molecular flexibility index (Phi) is 6.88. The zero-order valence-electron chi connectivity index (χ0n) is 17.4. The Morgan fingerprint density at radius 3 is 2.34 bits per heavy atom. The zero-order chi connectivity index (χ0) is 20.8.